The first-order chi connectivity index (χ1) is 16.3. The number of rotatable bonds is 7. The molecular formula is C25H24N4O5. The summed E-state index contributed by atoms with van der Waals surface area (Å²) in [5, 5.41) is 11.7. The monoisotopic (exact) mass is 460 g/mol. The van der Waals surface area contributed by atoms with Crippen LogP contribution in [0.5, 0.6) is 0 Å². The number of benzene rings is 2. The van der Waals surface area contributed by atoms with Crippen LogP contribution in [-0.2, 0) is 9.53 Å². The van der Waals surface area contributed by atoms with Gasteiger partial charge in [0.2, 0.25) is 0 Å². The van der Waals surface area contributed by atoms with Crippen molar-refractivity contribution in [3.05, 3.63) is 88.0 Å². The molecular weight excluding hydrogens is 436 g/mol. The molecule has 4 aromatic rings. The summed E-state index contributed by atoms with van der Waals surface area (Å²) in [7, 11) is 0. The molecule has 0 bridgehead atoms. The number of fused-ring (bicyclic) bond motifs is 1. The van der Waals surface area contributed by atoms with E-state index < -0.39 is 17.7 Å². The molecule has 1 N–H and O–H groups in total. The van der Waals surface area contributed by atoms with Gasteiger partial charge in [-0.05, 0) is 36.2 Å². The molecule has 0 aliphatic heterocycles. The Balaban J connectivity index is 1.52. The van der Waals surface area contributed by atoms with Gasteiger partial charge in [0.15, 0.2) is 0 Å². The zero-order chi connectivity index (χ0) is 24.2. The highest BCUT2D eigenvalue weighted by Crippen LogP contribution is 2.25. The summed E-state index contributed by atoms with van der Waals surface area (Å²) in [6.45, 7) is 5.33. The van der Waals surface area contributed by atoms with E-state index in [1.807, 2.05) is 20.0 Å². The van der Waals surface area contributed by atoms with Crippen LogP contribution in [0.1, 0.15) is 54.4 Å². The molecule has 0 fully saturated rings. The van der Waals surface area contributed by atoms with E-state index >= 15 is 0 Å². The highest BCUT2D eigenvalue weighted by molar-refractivity contribution is 5.94. The Bertz CT molecular complexity index is 1390. The van der Waals surface area contributed by atoms with E-state index in [9.17, 15) is 14.4 Å². The lowest BCUT2D eigenvalue weighted by Gasteiger charge is -2.19. The molecule has 9 nitrogen and oxygen atoms in total. The van der Waals surface area contributed by atoms with E-state index in [-0.39, 0.29) is 18.4 Å². The molecule has 0 saturated carbocycles. The number of hydrogen-bond donors (Lipinski definition) is 1. The number of carbonyl (C=O) groups is 2. The number of ether oxygens (including phenoxy) is 1. The summed E-state index contributed by atoms with van der Waals surface area (Å²) in [6.07, 6.45) is 0.990. The van der Waals surface area contributed by atoms with Crippen molar-refractivity contribution in [1.29, 1.82) is 0 Å². The van der Waals surface area contributed by atoms with Crippen molar-refractivity contribution in [3.8, 4) is 5.69 Å². The third-order valence-electron chi connectivity index (χ3n) is 5.28. The lowest BCUT2D eigenvalue weighted by atomic mass is 10.0. The average molecular weight is 460 g/mol. The van der Waals surface area contributed by atoms with Gasteiger partial charge >= 0.3 is 11.6 Å². The van der Waals surface area contributed by atoms with Crippen molar-refractivity contribution in [1.82, 2.24) is 20.3 Å². The number of nitrogens with zero attached hydrogens (tertiary/aromatic N) is 3. The Morgan fingerprint density at radius 2 is 1.85 bits per heavy atom. The average Bonchev–Trinajstić information content (AvgIpc) is 3.32. The summed E-state index contributed by atoms with van der Waals surface area (Å²) in [6, 6.07) is 15.1. The van der Waals surface area contributed by atoms with E-state index in [4.69, 9.17) is 9.15 Å². The molecule has 2 aromatic carbocycles. The number of aromatic nitrogens is 3. The van der Waals surface area contributed by atoms with Crippen molar-refractivity contribution >= 4 is 22.8 Å². The van der Waals surface area contributed by atoms with Gasteiger partial charge in [-0.1, -0.05) is 37.3 Å². The van der Waals surface area contributed by atoms with Gasteiger partial charge in [-0.15, -0.1) is 5.10 Å². The van der Waals surface area contributed by atoms with Gasteiger partial charge in [0.1, 0.15) is 11.7 Å². The van der Waals surface area contributed by atoms with Crippen molar-refractivity contribution in [2.24, 2.45) is 0 Å². The maximum atomic E-state index is 12.8. The normalized spacial score (nSPS) is 12.0. The highest BCUT2D eigenvalue weighted by Gasteiger charge is 2.21. The van der Waals surface area contributed by atoms with Gasteiger partial charge in [-0.2, -0.15) is 0 Å². The summed E-state index contributed by atoms with van der Waals surface area (Å²) in [4.78, 5) is 36.5. The van der Waals surface area contributed by atoms with E-state index in [0.717, 1.165) is 11.4 Å². The second-order valence-corrected chi connectivity index (χ2v) is 8.11. The minimum absolute atomic E-state index is 0.0194. The molecule has 0 aliphatic rings. The van der Waals surface area contributed by atoms with Gasteiger partial charge in [-0.25, -0.2) is 9.48 Å². The molecule has 0 radical (unpaired) electrons. The molecule has 2 heterocycles. The second kappa shape index (κ2) is 9.70. The number of para-hydroxylation sites is 1. The molecule has 174 valence electrons. The third-order valence-corrected chi connectivity index (χ3v) is 5.28. The van der Waals surface area contributed by atoms with Crippen LogP contribution in [0.4, 0.5) is 0 Å². The lowest BCUT2D eigenvalue weighted by molar-refractivity contribution is -0.146. The van der Waals surface area contributed by atoms with Crippen LogP contribution < -0.4 is 10.9 Å². The van der Waals surface area contributed by atoms with E-state index in [0.29, 0.717) is 22.1 Å². The predicted molar refractivity (Wildman–Crippen MR) is 125 cm³/mol. The van der Waals surface area contributed by atoms with Gasteiger partial charge < -0.3 is 14.5 Å². The molecule has 2 aromatic heterocycles. The quantitative estimate of drug-likeness (QED) is 0.331. The van der Waals surface area contributed by atoms with Gasteiger partial charge in [-0.3, -0.25) is 9.59 Å². The van der Waals surface area contributed by atoms with Gasteiger partial charge in [0, 0.05) is 29.5 Å². The zero-order valence-electron chi connectivity index (χ0n) is 19.0. The maximum absolute atomic E-state index is 12.8. The second-order valence-electron chi connectivity index (χ2n) is 8.11. The molecule has 0 saturated heterocycles. The lowest BCUT2D eigenvalue weighted by Crippen LogP contribution is -2.30. The van der Waals surface area contributed by atoms with Crippen LogP contribution in [0.15, 0.2) is 70.0 Å². The summed E-state index contributed by atoms with van der Waals surface area (Å²) < 4.78 is 12.3. The molecule has 4 rings (SSSR count). The Hall–Kier alpha value is -4.27. The number of carbonyl (C=O) groups excluding carboxylic acids is 2. The van der Waals surface area contributed by atoms with E-state index in [1.165, 1.54) is 13.0 Å². The number of esters is 1. The minimum Gasteiger partial charge on any atom is -0.456 e. The van der Waals surface area contributed by atoms with Crippen LogP contribution in [0.25, 0.3) is 16.7 Å². The Morgan fingerprint density at radius 3 is 2.53 bits per heavy atom. The predicted octanol–water partition coefficient (Wildman–Crippen LogP) is 3.53. The fourth-order valence-corrected chi connectivity index (χ4v) is 3.54. The maximum Gasteiger partial charge on any atom is 0.336 e. The molecule has 0 spiro atoms. The zero-order valence-corrected chi connectivity index (χ0v) is 19.0. The van der Waals surface area contributed by atoms with Crippen LogP contribution in [0.3, 0.4) is 0 Å². The fraction of sp³-hybridized carbons (Fsp3) is 0.240. The fourth-order valence-electron chi connectivity index (χ4n) is 3.54. The van der Waals surface area contributed by atoms with Crippen LogP contribution >= 0.6 is 0 Å². The van der Waals surface area contributed by atoms with Crippen molar-refractivity contribution < 1.29 is 18.7 Å². The SMILES string of the molecule is CC(=O)OC(CNC(=O)c1ccc(-n2cc(C(C)C)nn2)cc1)c1cc(=O)oc2ccccc12. The minimum atomic E-state index is -0.862. The first kappa shape index (κ1) is 22.9. The molecule has 1 atom stereocenters. The summed E-state index contributed by atoms with van der Waals surface area (Å²) in [5.74, 6) is -0.621. The van der Waals surface area contributed by atoms with Crippen molar-refractivity contribution in [2.75, 3.05) is 6.54 Å². The summed E-state index contributed by atoms with van der Waals surface area (Å²) in [5.41, 5.74) is 2.34. The Kier molecular flexibility index (Phi) is 6.53. The number of nitrogens with one attached hydrogen (secondary N) is 1. The van der Waals surface area contributed by atoms with Gasteiger partial charge in [0.05, 0.1) is 24.1 Å². The number of amides is 1. The standard InChI is InChI=1S/C25H24N4O5/c1-15(2)21-14-29(28-27-21)18-10-8-17(9-11-18)25(32)26-13-23(33-16(3)30)20-12-24(31)34-22-7-5-4-6-19(20)22/h4-12,14-15,23H,13H2,1-3H3,(H,26,32). The molecule has 9 heteroatoms. The molecule has 1 unspecified atom stereocenters. The van der Waals surface area contributed by atoms with Crippen molar-refractivity contribution in [2.45, 2.75) is 32.8 Å². The third kappa shape index (κ3) is 5.03. The van der Waals surface area contributed by atoms with E-state index in [1.54, 1.807) is 53.2 Å². The smallest absolute Gasteiger partial charge is 0.336 e. The van der Waals surface area contributed by atoms with Crippen LogP contribution in [0, 0.1) is 0 Å². The van der Waals surface area contributed by atoms with Gasteiger partial charge in [0.25, 0.3) is 5.91 Å². The first-order valence-electron chi connectivity index (χ1n) is 10.8. The molecule has 0 aliphatic carbocycles. The van der Waals surface area contributed by atoms with Crippen molar-refractivity contribution in [3.63, 3.8) is 0 Å². The Labute approximate surface area is 195 Å². The van der Waals surface area contributed by atoms with Crippen LogP contribution in [-0.4, -0.2) is 33.4 Å². The topological polar surface area (TPSA) is 116 Å². The molecule has 34 heavy (non-hydrogen) atoms. The summed E-state index contributed by atoms with van der Waals surface area (Å²) >= 11 is 0. The number of hydrogen-bond acceptors (Lipinski definition) is 7. The largest absolute Gasteiger partial charge is 0.456 e. The van der Waals surface area contributed by atoms with Crippen LogP contribution in [0.2, 0.25) is 0 Å². The molecule has 1 amide bonds. The first-order valence-corrected chi connectivity index (χ1v) is 10.8. The van der Waals surface area contributed by atoms with E-state index in [2.05, 4.69) is 15.6 Å². The highest BCUT2D eigenvalue weighted by atomic mass is 16.5. The Morgan fingerprint density at radius 1 is 1.12 bits per heavy atom.